The molecule has 0 atom stereocenters. The number of benzene rings is 1. The molecule has 27 heavy (non-hydrogen) atoms. The highest BCUT2D eigenvalue weighted by molar-refractivity contribution is 14.0. The van der Waals surface area contributed by atoms with Crippen LogP contribution in [0.1, 0.15) is 32.5 Å². The molecule has 1 aromatic carbocycles. The monoisotopic (exact) mass is 482 g/mol. The average Bonchev–Trinajstić information content (AvgIpc) is 3.15. The Labute approximate surface area is 179 Å². The molecule has 6 nitrogen and oxygen atoms in total. The Morgan fingerprint density at radius 2 is 1.96 bits per heavy atom. The van der Waals surface area contributed by atoms with Crippen molar-refractivity contribution in [2.45, 2.75) is 45.3 Å². The minimum Gasteiger partial charge on any atom is -0.354 e. The number of aromatic nitrogens is 2. The molecule has 2 aromatic rings. The molecule has 7 heteroatoms. The van der Waals surface area contributed by atoms with Gasteiger partial charge in [0.2, 0.25) is 0 Å². The van der Waals surface area contributed by atoms with Gasteiger partial charge in [-0.15, -0.1) is 24.0 Å². The molecule has 0 radical (unpaired) electrons. The lowest BCUT2D eigenvalue weighted by atomic mass is 10.0. The topological polar surface area (TPSA) is 68.3 Å². The third kappa shape index (κ3) is 6.21. The van der Waals surface area contributed by atoms with Crippen LogP contribution in [0.25, 0.3) is 11.3 Å². The molecule has 0 saturated carbocycles. The van der Waals surface area contributed by atoms with Gasteiger partial charge in [-0.05, 0) is 32.3 Å². The quantitative estimate of drug-likeness (QED) is 0.348. The van der Waals surface area contributed by atoms with Crippen LogP contribution in [0.5, 0.6) is 0 Å². The molecule has 1 saturated heterocycles. The number of piperidine rings is 1. The van der Waals surface area contributed by atoms with Crippen molar-refractivity contribution in [3.63, 3.8) is 0 Å². The summed E-state index contributed by atoms with van der Waals surface area (Å²) in [7, 11) is 1.82. The maximum absolute atomic E-state index is 4.47. The summed E-state index contributed by atoms with van der Waals surface area (Å²) in [5.41, 5.74) is 2.18. The molecule has 3 N–H and O–H groups in total. The number of hydrogen-bond acceptors (Lipinski definition) is 3. The summed E-state index contributed by atoms with van der Waals surface area (Å²) in [6.07, 6.45) is 4.18. The van der Waals surface area contributed by atoms with Crippen LogP contribution in [-0.4, -0.2) is 53.0 Å². The number of aliphatic imine (C=N–C) groups is 1. The van der Waals surface area contributed by atoms with Crippen LogP contribution >= 0.6 is 24.0 Å². The molecule has 0 amide bonds. The summed E-state index contributed by atoms with van der Waals surface area (Å²) >= 11 is 0. The van der Waals surface area contributed by atoms with Crippen molar-refractivity contribution in [1.29, 1.82) is 0 Å². The highest BCUT2D eigenvalue weighted by Gasteiger charge is 2.21. The number of guanidine groups is 1. The molecule has 1 aliphatic heterocycles. The van der Waals surface area contributed by atoms with Gasteiger partial charge < -0.3 is 20.5 Å². The first-order valence-corrected chi connectivity index (χ1v) is 9.46. The first-order valence-electron chi connectivity index (χ1n) is 9.46. The summed E-state index contributed by atoms with van der Waals surface area (Å²) in [4.78, 5) is 14.7. The normalized spacial score (nSPS) is 16.2. The molecule has 0 aliphatic carbocycles. The molecule has 1 aromatic heterocycles. The van der Waals surface area contributed by atoms with Crippen molar-refractivity contribution in [2.24, 2.45) is 4.99 Å². The van der Waals surface area contributed by atoms with Gasteiger partial charge in [0.15, 0.2) is 5.96 Å². The van der Waals surface area contributed by atoms with Gasteiger partial charge in [0.1, 0.15) is 5.82 Å². The highest BCUT2D eigenvalue weighted by Crippen LogP contribution is 2.16. The van der Waals surface area contributed by atoms with Gasteiger partial charge in [-0.1, -0.05) is 30.3 Å². The number of halogens is 1. The van der Waals surface area contributed by atoms with Crippen LogP contribution in [-0.2, 0) is 6.54 Å². The van der Waals surface area contributed by atoms with E-state index in [2.05, 4.69) is 56.5 Å². The summed E-state index contributed by atoms with van der Waals surface area (Å²) in [6, 6.07) is 11.3. The maximum atomic E-state index is 4.47. The van der Waals surface area contributed by atoms with E-state index in [1.165, 1.54) is 0 Å². The molecule has 3 rings (SSSR count). The first kappa shape index (κ1) is 21.7. The molecule has 1 aliphatic rings. The smallest absolute Gasteiger partial charge is 0.191 e. The molecule has 0 bridgehead atoms. The number of likely N-dealkylation sites (tertiary alicyclic amines) is 1. The Hall–Kier alpha value is -1.61. The first-order chi connectivity index (χ1) is 12.7. The van der Waals surface area contributed by atoms with E-state index in [1.54, 1.807) is 0 Å². The lowest BCUT2D eigenvalue weighted by Crippen LogP contribution is -2.49. The Balaban J connectivity index is 0.00000261. The van der Waals surface area contributed by atoms with Gasteiger partial charge >= 0.3 is 0 Å². The lowest BCUT2D eigenvalue weighted by molar-refractivity contribution is 0.167. The number of hydrogen-bond donors (Lipinski definition) is 3. The van der Waals surface area contributed by atoms with E-state index >= 15 is 0 Å². The average molecular weight is 482 g/mol. The number of rotatable bonds is 5. The third-order valence-corrected chi connectivity index (χ3v) is 4.96. The van der Waals surface area contributed by atoms with Crippen LogP contribution < -0.4 is 10.6 Å². The number of H-pyrrole nitrogens is 1. The minimum atomic E-state index is 0. The van der Waals surface area contributed by atoms with Crippen molar-refractivity contribution in [3.8, 4) is 11.3 Å². The summed E-state index contributed by atoms with van der Waals surface area (Å²) in [5, 5.41) is 6.91. The summed E-state index contributed by atoms with van der Waals surface area (Å²) in [6.45, 7) is 7.44. The van der Waals surface area contributed by atoms with Crippen LogP contribution in [0.3, 0.4) is 0 Å². The van der Waals surface area contributed by atoms with E-state index in [-0.39, 0.29) is 24.0 Å². The van der Waals surface area contributed by atoms with E-state index in [4.69, 9.17) is 0 Å². The molecule has 0 spiro atoms. The third-order valence-electron chi connectivity index (χ3n) is 4.96. The predicted molar refractivity (Wildman–Crippen MR) is 123 cm³/mol. The van der Waals surface area contributed by atoms with E-state index in [0.29, 0.717) is 18.6 Å². The zero-order valence-electron chi connectivity index (χ0n) is 16.4. The largest absolute Gasteiger partial charge is 0.354 e. The van der Waals surface area contributed by atoms with Crippen LogP contribution in [0, 0.1) is 0 Å². The minimum absolute atomic E-state index is 0. The van der Waals surface area contributed by atoms with Crippen LogP contribution in [0.2, 0.25) is 0 Å². The molecule has 148 valence electrons. The van der Waals surface area contributed by atoms with Gasteiger partial charge in [0, 0.05) is 32.2 Å². The second-order valence-electron chi connectivity index (χ2n) is 7.08. The second-order valence-corrected chi connectivity index (χ2v) is 7.08. The highest BCUT2D eigenvalue weighted by atomic mass is 127. The number of nitrogens with one attached hydrogen (secondary N) is 3. The van der Waals surface area contributed by atoms with E-state index < -0.39 is 0 Å². The Bertz CT molecular complexity index is 704. The molecular formula is C20H31IN6. The Morgan fingerprint density at radius 1 is 1.26 bits per heavy atom. The second kappa shape index (κ2) is 10.7. The van der Waals surface area contributed by atoms with E-state index in [1.807, 2.05) is 31.4 Å². The van der Waals surface area contributed by atoms with E-state index in [9.17, 15) is 0 Å². The zero-order chi connectivity index (χ0) is 18.4. The maximum Gasteiger partial charge on any atom is 0.191 e. The zero-order valence-corrected chi connectivity index (χ0v) is 18.7. The predicted octanol–water partition coefficient (Wildman–Crippen LogP) is 3.23. The SMILES string of the molecule is CN=C(NCc1ncc(-c2ccccc2)[nH]1)NC1CCN(C(C)C)CC1.I. The van der Waals surface area contributed by atoms with Crippen molar-refractivity contribution >= 4 is 29.9 Å². The number of nitrogens with zero attached hydrogens (tertiary/aromatic N) is 3. The number of aromatic amines is 1. The molecular weight excluding hydrogens is 451 g/mol. The van der Waals surface area contributed by atoms with Crippen molar-refractivity contribution in [2.75, 3.05) is 20.1 Å². The van der Waals surface area contributed by atoms with Gasteiger partial charge in [0.05, 0.1) is 18.4 Å². The summed E-state index contributed by atoms with van der Waals surface area (Å²) < 4.78 is 0. The fourth-order valence-corrected chi connectivity index (χ4v) is 3.33. The Morgan fingerprint density at radius 3 is 2.59 bits per heavy atom. The fraction of sp³-hybridized carbons (Fsp3) is 0.500. The van der Waals surface area contributed by atoms with Crippen LogP contribution in [0.4, 0.5) is 0 Å². The van der Waals surface area contributed by atoms with E-state index in [0.717, 1.165) is 49.0 Å². The lowest BCUT2D eigenvalue weighted by Gasteiger charge is -2.35. The molecule has 0 unspecified atom stereocenters. The van der Waals surface area contributed by atoms with Crippen molar-refractivity contribution in [1.82, 2.24) is 25.5 Å². The molecule has 1 fully saturated rings. The van der Waals surface area contributed by atoms with Crippen molar-refractivity contribution in [3.05, 3.63) is 42.4 Å². The Kier molecular flexibility index (Phi) is 8.56. The standard InChI is InChI=1S/C20H30N6.HI/c1-15(2)26-11-9-17(10-12-26)24-20(21-3)23-14-19-22-13-18(25-19)16-7-5-4-6-8-16;/h4-8,13,15,17H,9-12,14H2,1-3H3,(H,22,25)(H2,21,23,24);1H. The van der Waals surface area contributed by atoms with Gasteiger partial charge in [-0.2, -0.15) is 0 Å². The fourth-order valence-electron chi connectivity index (χ4n) is 3.33. The van der Waals surface area contributed by atoms with Gasteiger partial charge in [-0.25, -0.2) is 4.98 Å². The van der Waals surface area contributed by atoms with Gasteiger partial charge in [0.25, 0.3) is 0 Å². The molecule has 2 heterocycles. The van der Waals surface area contributed by atoms with Crippen molar-refractivity contribution < 1.29 is 0 Å². The van der Waals surface area contributed by atoms with Gasteiger partial charge in [-0.3, -0.25) is 4.99 Å². The van der Waals surface area contributed by atoms with Crippen LogP contribution in [0.15, 0.2) is 41.5 Å². The number of imidazole rings is 1. The summed E-state index contributed by atoms with van der Waals surface area (Å²) in [5.74, 6) is 1.74.